The predicted octanol–water partition coefficient (Wildman–Crippen LogP) is -0.866. The van der Waals surface area contributed by atoms with Crippen LogP contribution in [0.15, 0.2) is 0 Å². The van der Waals surface area contributed by atoms with Gasteiger partial charge < -0.3 is 34.1 Å². The van der Waals surface area contributed by atoms with E-state index < -0.39 is 60.4 Å². The molecule has 5 atom stereocenters. The zero-order chi connectivity index (χ0) is 22.1. The van der Waals surface area contributed by atoms with Crippen LogP contribution in [0.4, 0.5) is 0 Å². The summed E-state index contributed by atoms with van der Waals surface area (Å²) < 4.78 is 26.5. The molecule has 0 aliphatic carbocycles. The second kappa shape index (κ2) is 11.3. The maximum Gasteiger partial charge on any atom is 0.305 e. The van der Waals surface area contributed by atoms with Gasteiger partial charge in [-0.1, -0.05) is 0 Å². The van der Waals surface area contributed by atoms with Gasteiger partial charge in [0.2, 0.25) is 5.91 Å². The third-order valence-electron chi connectivity index (χ3n) is 3.67. The van der Waals surface area contributed by atoms with Gasteiger partial charge in [0.05, 0.1) is 13.0 Å². The summed E-state index contributed by atoms with van der Waals surface area (Å²) in [6.45, 7) is 3.96. The maximum absolute atomic E-state index is 11.7. The molecule has 0 aromatic carbocycles. The zero-order valence-corrected chi connectivity index (χ0v) is 16.5. The Morgan fingerprint density at radius 1 is 0.931 bits per heavy atom. The van der Waals surface area contributed by atoms with Crippen LogP contribution in [0.3, 0.4) is 0 Å². The number of esters is 3. The van der Waals surface area contributed by atoms with Gasteiger partial charge >= 0.3 is 23.9 Å². The number of hydrogen-bond acceptors (Lipinski definition) is 10. The molecular weight excluding hydrogens is 394 g/mol. The summed E-state index contributed by atoms with van der Waals surface area (Å²) in [6, 6.07) is -1.12. The van der Waals surface area contributed by atoms with Crippen molar-refractivity contribution in [2.75, 3.05) is 13.2 Å². The molecule has 1 aliphatic rings. The first-order valence-corrected chi connectivity index (χ1v) is 8.75. The molecule has 1 fully saturated rings. The number of amides is 1. The molecule has 0 radical (unpaired) electrons. The van der Waals surface area contributed by atoms with Crippen LogP contribution >= 0.6 is 0 Å². The average Bonchev–Trinajstić information content (AvgIpc) is 2.56. The summed E-state index contributed by atoms with van der Waals surface area (Å²) in [7, 11) is 0. The van der Waals surface area contributed by atoms with Crippen molar-refractivity contribution in [3.8, 4) is 0 Å². The van der Waals surface area contributed by atoms with Crippen LogP contribution in [0.5, 0.6) is 0 Å². The SMILES string of the molecule is CC(=O)NC1C(OCCC(=O)O)OC(COC(C)=O)C(OC(C)=O)C1OC(C)=O. The summed E-state index contributed by atoms with van der Waals surface area (Å²) in [5, 5.41) is 11.3. The molecule has 1 saturated heterocycles. The summed E-state index contributed by atoms with van der Waals surface area (Å²) in [6.07, 6.45) is -5.20. The van der Waals surface area contributed by atoms with Crippen molar-refractivity contribution in [2.24, 2.45) is 0 Å². The normalized spacial score (nSPS) is 26.1. The lowest BCUT2D eigenvalue weighted by molar-refractivity contribution is -0.277. The lowest BCUT2D eigenvalue weighted by Crippen LogP contribution is -2.66. The van der Waals surface area contributed by atoms with Gasteiger partial charge in [-0.2, -0.15) is 0 Å². The first-order valence-electron chi connectivity index (χ1n) is 8.75. The quantitative estimate of drug-likeness (QED) is 0.353. The third-order valence-corrected chi connectivity index (χ3v) is 3.67. The summed E-state index contributed by atoms with van der Waals surface area (Å²) >= 11 is 0. The number of ether oxygens (including phenoxy) is 5. The van der Waals surface area contributed by atoms with E-state index in [0.29, 0.717) is 0 Å². The van der Waals surface area contributed by atoms with Crippen LogP contribution in [-0.4, -0.2) is 78.7 Å². The minimum absolute atomic E-state index is 0.276. The zero-order valence-electron chi connectivity index (χ0n) is 16.5. The van der Waals surface area contributed by atoms with E-state index in [4.69, 9.17) is 28.8 Å². The van der Waals surface area contributed by atoms with Gasteiger partial charge in [0.15, 0.2) is 18.5 Å². The number of carboxylic acids is 1. The summed E-state index contributed by atoms with van der Waals surface area (Å²) in [4.78, 5) is 56.8. The van der Waals surface area contributed by atoms with Gasteiger partial charge in [-0.3, -0.25) is 24.0 Å². The average molecular weight is 419 g/mol. The van der Waals surface area contributed by atoms with Gasteiger partial charge in [0, 0.05) is 27.7 Å². The van der Waals surface area contributed by atoms with E-state index in [1.165, 1.54) is 6.92 Å². The van der Waals surface area contributed by atoms with E-state index in [2.05, 4.69) is 5.32 Å². The topological polar surface area (TPSA) is 164 Å². The Morgan fingerprint density at radius 2 is 1.52 bits per heavy atom. The van der Waals surface area contributed by atoms with Crippen molar-refractivity contribution in [1.29, 1.82) is 0 Å². The molecule has 0 spiro atoms. The van der Waals surface area contributed by atoms with E-state index in [-0.39, 0.29) is 19.6 Å². The molecule has 0 saturated carbocycles. The molecule has 29 heavy (non-hydrogen) atoms. The number of carbonyl (C=O) groups is 5. The highest BCUT2D eigenvalue weighted by atomic mass is 16.7. The van der Waals surface area contributed by atoms with E-state index in [0.717, 1.165) is 20.8 Å². The molecule has 0 bridgehead atoms. The van der Waals surface area contributed by atoms with Crippen LogP contribution < -0.4 is 5.32 Å². The van der Waals surface area contributed by atoms with Gasteiger partial charge in [-0.15, -0.1) is 0 Å². The predicted molar refractivity (Wildman–Crippen MR) is 92.2 cm³/mol. The van der Waals surface area contributed by atoms with E-state index >= 15 is 0 Å². The number of carboxylic acid groups (broad SMARTS) is 1. The van der Waals surface area contributed by atoms with Crippen LogP contribution in [0, 0.1) is 0 Å². The first kappa shape index (κ1) is 24.3. The Kier molecular flexibility index (Phi) is 9.48. The van der Waals surface area contributed by atoms with Crippen LogP contribution in [-0.2, 0) is 47.7 Å². The molecule has 2 N–H and O–H groups in total. The Morgan fingerprint density at radius 3 is 2.00 bits per heavy atom. The molecule has 12 nitrogen and oxygen atoms in total. The lowest BCUT2D eigenvalue weighted by Gasteiger charge is -2.44. The number of carbonyl (C=O) groups excluding carboxylic acids is 4. The highest BCUT2D eigenvalue weighted by molar-refractivity contribution is 5.73. The van der Waals surface area contributed by atoms with E-state index in [1.54, 1.807) is 0 Å². The highest BCUT2D eigenvalue weighted by Crippen LogP contribution is 2.28. The monoisotopic (exact) mass is 419 g/mol. The first-order chi connectivity index (χ1) is 13.5. The number of aliphatic carboxylic acids is 1. The molecular formula is C17H25NO11. The van der Waals surface area contributed by atoms with Crippen molar-refractivity contribution in [2.45, 2.75) is 64.8 Å². The standard InChI is InChI=1S/C17H25NO11/c1-8(19)18-14-16(28-11(4)22)15(27-10(3)21)12(7-26-9(2)20)29-17(14)25-6-5-13(23)24/h12,14-17H,5-7H2,1-4H3,(H,18,19)(H,23,24). The molecule has 0 aromatic heterocycles. The number of nitrogens with one attached hydrogen (secondary N) is 1. The van der Waals surface area contributed by atoms with Gasteiger partial charge in [0.1, 0.15) is 18.8 Å². The Hall–Kier alpha value is -2.73. The Bertz CT molecular complexity index is 635. The van der Waals surface area contributed by atoms with Gasteiger partial charge in [0.25, 0.3) is 0 Å². The molecule has 1 heterocycles. The molecule has 1 amide bonds. The lowest BCUT2D eigenvalue weighted by atomic mass is 9.96. The minimum Gasteiger partial charge on any atom is -0.481 e. The largest absolute Gasteiger partial charge is 0.481 e. The van der Waals surface area contributed by atoms with Crippen LogP contribution in [0.2, 0.25) is 0 Å². The Balaban J connectivity index is 3.22. The fourth-order valence-corrected chi connectivity index (χ4v) is 2.70. The fourth-order valence-electron chi connectivity index (χ4n) is 2.70. The maximum atomic E-state index is 11.7. The smallest absolute Gasteiger partial charge is 0.305 e. The second-order valence-corrected chi connectivity index (χ2v) is 6.23. The third kappa shape index (κ3) is 8.44. The van der Waals surface area contributed by atoms with E-state index in [9.17, 15) is 24.0 Å². The van der Waals surface area contributed by atoms with Crippen molar-refractivity contribution in [1.82, 2.24) is 5.32 Å². The molecule has 5 unspecified atom stereocenters. The number of hydrogen-bond donors (Lipinski definition) is 2. The molecule has 164 valence electrons. The van der Waals surface area contributed by atoms with Crippen molar-refractivity contribution < 1.29 is 52.8 Å². The molecule has 0 aromatic rings. The van der Waals surface area contributed by atoms with Crippen LogP contribution in [0.25, 0.3) is 0 Å². The van der Waals surface area contributed by atoms with Crippen LogP contribution in [0.1, 0.15) is 34.1 Å². The fraction of sp³-hybridized carbons (Fsp3) is 0.706. The second-order valence-electron chi connectivity index (χ2n) is 6.23. The molecule has 1 rings (SSSR count). The van der Waals surface area contributed by atoms with Gasteiger partial charge in [-0.05, 0) is 0 Å². The minimum atomic E-state index is -1.27. The molecule has 12 heteroatoms. The van der Waals surface area contributed by atoms with E-state index in [1.807, 2.05) is 0 Å². The Labute approximate surface area is 166 Å². The van der Waals surface area contributed by atoms with Crippen molar-refractivity contribution >= 4 is 29.8 Å². The summed E-state index contributed by atoms with van der Waals surface area (Å²) in [5.41, 5.74) is 0. The molecule has 1 aliphatic heterocycles. The summed E-state index contributed by atoms with van der Waals surface area (Å²) in [5.74, 6) is -3.74. The number of rotatable bonds is 9. The van der Waals surface area contributed by atoms with Crippen molar-refractivity contribution in [3.05, 3.63) is 0 Å². The van der Waals surface area contributed by atoms with Crippen molar-refractivity contribution in [3.63, 3.8) is 0 Å². The van der Waals surface area contributed by atoms with Gasteiger partial charge in [-0.25, -0.2) is 0 Å². The highest BCUT2D eigenvalue weighted by Gasteiger charge is 2.51.